The van der Waals surface area contributed by atoms with Crippen molar-refractivity contribution in [3.05, 3.63) is 23.8 Å². The van der Waals surface area contributed by atoms with E-state index in [1.54, 1.807) is 0 Å². The molecule has 3 heteroatoms. The Bertz CT molecular complexity index is 572. The zero-order chi connectivity index (χ0) is 17.2. The molecule has 4 aliphatic carbocycles. The Balaban J connectivity index is 1.64. The summed E-state index contributed by atoms with van der Waals surface area (Å²) in [5.74, 6) is 0.194. The largest absolute Gasteiger partial charge is 0.340 e. The fraction of sp³-hybridized carbons (Fsp3) is 0.810. The highest BCUT2D eigenvalue weighted by Gasteiger charge is 2.57. The molecule has 1 unspecified atom stereocenters. The van der Waals surface area contributed by atoms with Crippen LogP contribution < -0.4 is 0 Å². The summed E-state index contributed by atoms with van der Waals surface area (Å²) in [6, 6.07) is 0. The van der Waals surface area contributed by atoms with Gasteiger partial charge in [-0.3, -0.25) is 0 Å². The van der Waals surface area contributed by atoms with E-state index in [2.05, 4.69) is 19.9 Å². The molecule has 0 aromatic heterocycles. The van der Waals surface area contributed by atoms with Crippen molar-refractivity contribution >= 4 is 0 Å². The quantitative estimate of drug-likeness (QED) is 0.641. The topological polar surface area (TPSA) is 60.7 Å². The Kier molecular flexibility index (Phi) is 3.80. The van der Waals surface area contributed by atoms with E-state index in [4.69, 9.17) is 0 Å². The van der Waals surface area contributed by atoms with Gasteiger partial charge in [0.05, 0.1) is 0 Å². The third-order valence-corrected chi connectivity index (χ3v) is 8.33. The second kappa shape index (κ2) is 5.43. The van der Waals surface area contributed by atoms with Gasteiger partial charge in [-0.15, -0.1) is 0 Å². The first kappa shape index (κ1) is 16.8. The van der Waals surface area contributed by atoms with Gasteiger partial charge in [0.1, 0.15) is 0 Å². The van der Waals surface area contributed by atoms with Gasteiger partial charge in [0.25, 0.3) is 5.97 Å². The fourth-order valence-electron chi connectivity index (χ4n) is 7.06. The predicted octanol–water partition coefficient (Wildman–Crippen LogP) is 3.75. The number of hydrogen-bond donors (Lipinski definition) is 3. The van der Waals surface area contributed by atoms with Crippen LogP contribution in [0.15, 0.2) is 23.8 Å². The molecule has 4 aliphatic rings. The number of fused-ring (bicyclic) bond motifs is 5. The molecule has 134 valence electrons. The fourth-order valence-corrected chi connectivity index (χ4v) is 7.06. The maximum absolute atomic E-state index is 9.41. The lowest BCUT2D eigenvalue weighted by Crippen LogP contribution is -2.52. The third-order valence-electron chi connectivity index (χ3n) is 8.33. The molecule has 0 saturated heterocycles. The lowest BCUT2D eigenvalue weighted by molar-refractivity contribution is -0.274. The third kappa shape index (κ3) is 2.43. The van der Waals surface area contributed by atoms with Gasteiger partial charge in [0, 0.05) is 6.08 Å². The van der Waals surface area contributed by atoms with Gasteiger partial charge in [-0.2, -0.15) is 0 Å². The Morgan fingerprint density at radius 1 is 1.04 bits per heavy atom. The van der Waals surface area contributed by atoms with Crippen LogP contribution in [0.2, 0.25) is 0 Å². The molecule has 3 N–H and O–H groups in total. The Hall–Kier alpha value is -0.640. The zero-order valence-corrected chi connectivity index (χ0v) is 15.0. The Labute approximate surface area is 145 Å². The van der Waals surface area contributed by atoms with E-state index in [1.807, 2.05) is 6.08 Å². The van der Waals surface area contributed by atoms with Crippen molar-refractivity contribution in [2.24, 2.45) is 34.5 Å². The summed E-state index contributed by atoms with van der Waals surface area (Å²) in [6.07, 6.45) is 16.2. The molecule has 0 amide bonds. The molecule has 0 aromatic rings. The van der Waals surface area contributed by atoms with Crippen molar-refractivity contribution in [1.29, 1.82) is 0 Å². The molecule has 0 aromatic carbocycles. The van der Waals surface area contributed by atoms with E-state index < -0.39 is 5.97 Å². The monoisotopic (exact) mass is 332 g/mol. The van der Waals surface area contributed by atoms with Crippen LogP contribution in [-0.2, 0) is 0 Å². The van der Waals surface area contributed by atoms with Gasteiger partial charge in [-0.25, -0.2) is 0 Å². The first-order valence-electron chi connectivity index (χ1n) is 9.83. The normalized spacial score (nSPS) is 49.6. The number of hydrogen-bond acceptors (Lipinski definition) is 3. The highest BCUT2D eigenvalue weighted by atomic mass is 16.7. The van der Waals surface area contributed by atoms with Crippen LogP contribution in [0, 0.1) is 34.5 Å². The molecule has 0 radical (unpaired) electrons. The maximum Gasteiger partial charge on any atom is 0.297 e. The van der Waals surface area contributed by atoms with Crippen molar-refractivity contribution in [2.45, 2.75) is 71.2 Å². The van der Waals surface area contributed by atoms with E-state index in [9.17, 15) is 15.3 Å². The van der Waals surface area contributed by atoms with Crippen LogP contribution in [0.1, 0.15) is 65.2 Å². The summed E-state index contributed by atoms with van der Waals surface area (Å²) in [6.45, 7) is 4.81. The van der Waals surface area contributed by atoms with E-state index in [-0.39, 0.29) is 5.41 Å². The number of aliphatic hydroxyl groups is 3. The number of rotatable bonds is 1. The van der Waals surface area contributed by atoms with E-state index in [1.165, 1.54) is 51.0 Å². The highest BCUT2D eigenvalue weighted by molar-refractivity contribution is 5.38. The molecular formula is C21H32O3. The highest BCUT2D eigenvalue weighted by Crippen LogP contribution is 2.65. The van der Waals surface area contributed by atoms with Crippen molar-refractivity contribution in [3.8, 4) is 0 Å². The number of allylic oxidation sites excluding steroid dienone is 3. The van der Waals surface area contributed by atoms with Crippen LogP contribution in [0.4, 0.5) is 0 Å². The molecule has 3 nitrogen and oxygen atoms in total. The zero-order valence-electron chi connectivity index (χ0n) is 15.0. The molecule has 24 heavy (non-hydrogen) atoms. The SMILES string of the molecule is C[C@]12CCCCC1CC[C@@H]1[C@@H]2CC[C@]2(C)C(=CC(O)(O)O)C=C[C@@H]12. The average molecular weight is 332 g/mol. The van der Waals surface area contributed by atoms with Gasteiger partial charge >= 0.3 is 0 Å². The minimum absolute atomic E-state index is 0.0571. The summed E-state index contributed by atoms with van der Waals surface area (Å²) in [5, 5.41) is 28.2. The lowest BCUT2D eigenvalue weighted by atomic mass is 9.45. The van der Waals surface area contributed by atoms with Gasteiger partial charge < -0.3 is 15.3 Å². The van der Waals surface area contributed by atoms with Crippen LogP contribution >= 0.6 is 0 Å². The standard InChI is InChI=1S/C21H32O3/c1-19-11-4-3-5-14(19)6-8-16-17-9-7-15(13-21(22,23)24)20(17,2)12-10-18(16)19/h7,9,13-14,16-18,22-24H,3-6,8,10-12H2,1-2H3/t14?,16-,17-,18-,19-,20+/m0/s1. The smallest absolute Gasteiger partial charge is 0.297 e. The van der Waals surface area contributed by atoms with Crippen LogP contribution in [0.25, 0.3) is 0 Å². The van der Waals surface area contributed by atoms with Crippen LogP contribution in [0.3, 0.4) is 0 Å². The Morgan fingerprint density at radius 3 is 2.58 bits per heavy atom. The van der Waals surface area contributed by atoms with Crippen molar-refractivity contribution in [2.75, 3.05) is 0 Å². The van der Waals surface area contributed by atoms with E-state index in [0.29, 0.717) is 17.3 Å². The molecular weight excluding hydrogens is 300 g/mol. The van der Waals surface area contributed by atoms with Gasteiger partial charge in [0.15, 0.2) is 0 Å². The molecule has 0 heterocycles. The minimum atomic E-state index is -2.71. The molecule has 6 atom stereocenters. The second-order valence-electron chi connectivity index (χ2n) is 9.42. The minimum Gasteiger partial charge on any atom is -0.340 e. The Morgan fingerprint density at radius 2 is 1.83 bits per heavy atom. The predicted molar refractivity (Wildman–Crippen MR) is 93.7 cm³/mol. The molecule has 0 bridgehead atoms. The van der Waals surface area contributed by atoms with Gasteiger partial charge in [0.2, 0.25) is 0 Å². The summed E-state index contributed by atoms with van der Waals surface area (Å²) in [4.78, 5) is 0. The molecule has 0 spiro atoms. The lowest BCUT2D eigenvalue weighted by Gasteiger charge is -2.60. The van der Waals surface area contributed by atoms with Gasteiger partial charge in [-0.1, -0.05) is 38.8 Å². The summed E-state index contributed by atoms with van der Waals surface area (Å²) in [7, 11) is 0. The van der Waals surface area contributed by atoms with Crippen molar-refractivity contribution < 1.29 is 15.3 Å². The van der Waals surface area contributed by atoms with Crippen LogP contribution in [-0.4, -0.2) is 21.3 Å². The average Bonchev–Trinajstić information content (AvgIpc) is 2.82. The molecule has 4 rings (SSSR count). The van der Waals surface area contributed by atoms with Crippen molar-refractivity contribution in [1.82, 2.24) is 0 Å². The summed E-state index contributed by atoms with van der Waals surface area (Å²) >= 11 is 0. The summed E-state index contributed by atoms with van der Waals surface area (Å²) < 4.78 is 0. The van der Waals surface area contributed by atoms with E-state index in [0.717, 1.165) is 23.8 Å². The van der Waals surface area contributed by atoms with Gasteiger partial charge in [-0.05, 0) is 78.6 Å². The summed E-state index contributed by atoms with van der Waals surface area (Å²) in [5.41, 5.74) is 1.35. The molecule has 0 aliphatic heterocycles. The maximum atomic E-state index is 9.41. The molecule has 3 fully saturated rings. The second-order valence-corrected chi connectivity index (χ2v) is 9.42. The van der Waals surface area contributed by atoms with E-state index >= 15 is 0 Å². The van der Waals surface area contributed by atoms with Crippen molar-refractivity contribution in [3.63, 3.8) is 0 Å². The first-order chi connectivity index (χ1) is 11.2. The molecule has 3 saturated carbocycles. The first-order valence-corrected chi connectivity index (χ1v) is 9.83. The van der Waals surface area contributed by atoms with Crippen LogP contribution in [0.5, 0.6) is 0 Å².